The van der Waals surface area contributed by atoms with E-state index < -0.39 is 90.5 Å². The van der Waals surface area contributed by atoms with Crippen LogP contribution in [0, 0.1) is 11.8 Å². The summed E-state index contributed by atoms with van der Waals surface area (Å²) in [6.07, 6.45) is 8.93. The highest BCUT2D eigenvalue weighted by Gasteiger charge is 2.67. The second-order valence-corrected chi connectivity index (χ2v) is 21.5. The molecule has 2 amide bonds. The summed E-state index contributed by atoms with van der Waals surface area (Å²) < 4.78 is 52.9. The number of para-hydroxylation sites is 2. The first kappa shape index (κ1) is 51.0. The van der Waals surface area contributed by atoms with E-state index in [0.717, 1.165) is 44.6 Å². The van der Waals surface area contributed by atoms with Crippen molar-refractivity contribution in [2.24, 2.45) is 11.8 Å². The van der Waals surface area contributed by atoms with Crippen LogP contribution >= 0.6 is 0 Å². The number of aromatic nitrogens is 2. The molecule has 4 aromatic rings. The third-order valence-electron chi connectivity index (χ3n) is 12.7. The van der Waals surface area contributed by atoms with Crippen LogP contribution in [0.1, 0.15) is 144 Å². The summed E-state index contributed by atoms with van der Waals surface area (Å²) in [5, 5.41) is 5.63. The molecule has 2 fully saturated rings. The summed E-state index contributed by atoms with van der Waals surface area (Å²) in [6, 6.07) is 19.4. The fourth-order valence-electron chi connectivity index (χ4n) is 8.72. The lowest BCUT2D eigenvalue weighted by molar-refractivity contribution is -0.185. The minimum absolute atomic E-state index is 0.0311. The van der Waals surface area contributed by atoms with Crippen LogP contribution in [0.2, 0.25) is 0 Å². The number of anilines is 1. The number of amides is 2. The van der Waals surface area contributed by atoms with Gasteiger partial charge in [0.1, 0.15) is 22.6 Å². The SMILES string of the molecule is CC(=O)Oc1ccccc1C(=O)O[C@@](CCC1CCCCC1)(C1CC1)[C@](CS(=O)(=O)C(C)(C)C)(NC(=O)C(C)c1cnc[nH]1)OC(=O)c1cccc(NC(=O)CCc2ccccc2)c1OC(C)=O. The molecular weight excluding hydrogens is 893 g/mol. The van der Waals surface area contributed by atoms with Gasteiger partial charge in [-0.2, -0.15) is 0 Å². The molecule has 2 aliphatic carbocycles. The van der Waals surface area contributed by atoms with Gasteiger partial charge in [0.05, 0.1) is 22.7 Å². The second-order valence-electron chi connectivity index (χ2n) is 18.8. The van der Waals surface area contributed by atoms with Crippen LogP contribution in [0.5, 0.6) is 11.5 Å². The van der Waals surface area contributed by atoms with Crippen molar-refractivity contribution in [1.29, 1.82) is 0 Å². The van der Waals surface area contributed by atoms with Crippen LogP contribution in [-0.4, -0.2) is 75.9 Å². The van der Waals surface area contributed by atoms with E-state index >= 15 is 4.79 Å². The number of H-pyrrole nitrogens is 1. The van der Waals surface area contributed by atoms with Gasteiger partial charge in [-0.25, -0.2) is 23.0 Å². The predicted molar refractivity (Wildman–Crippen MR) is 252 cm³/mol. The number of nitrogens with zero attached hydrogens (tertiary/aromatic N) is 1. The summed E-state index contributed by atoms with van der Waals surface area (Å²) in [5.41, 5.74) is -4.19. The van der Waals surface area contributed by atoms with Crippen LogP contribution in [-0.2, 0) is 44.9 Å². The average Bonchev–Trinajstić information content (AvgIpc) is 4.00. The fraction of sp³-hybridized carbons (Fsp3) is 0.471. The molecule has 3 atom stereocenters. The molecular formula is C51H62N4O12S. The first-order valence-electron chi connectivity index (χ1n) is 23.2. The monoisotopic (exact) mass is 954 g/mol. The Labute approximate surface area is 397 Å². The Balaban J connectivity index is 1.56. The fourth-order valence-corrected chi connectivity index (χ4v) is 10.1. The van der Waals surface area contributed by atoms with E-state index in [9.17, 15) is 32.4 Å². The first-order chi connectivity index (χ1) is 32.2. The molecule has 2 aliphatic rings. The number of nitrogens with one attached hydrogen (secondary N) is 3. The van der Waals surface area contributed by atoms with E-state index in [1.807, 2.05) is 30.3 Å². The van der Waals surface area contributed by atoms with E-state index in [4.69, 9.17) is 18.9 Å². The van der Waals surface area contributed by atoms with Gasteiger partial charge in [-0.15, -0.1) is 0 Å². The van der Waals surface area contributed by atoms with Crippen LogP contribution in [0.4, 0.5) is 5.69 Å². The predicted octanol–water partition coefficient (Wildman–Crippen LogP) is 8.18. The lowest BCUT2D eigenvalue weighted by Crippen LogP contribution is -2.73. The summed E-state index contributed by atoms with van der Waals surface area (Å²) >= 11 is 0. The maximum Gasteiger partial charge on any atom is 0.344 e. The molecule has 364 valence electrons. The van der Waals surface area contributed by atoms with E-state index in [2.05, 4.69) is 20.6 Å². The van der Waals surface area contributed by atoms with Crippen molar-refractivity contribution in [3.05, 3.63) is 108 Å². The largest absolute Gasteiger partial charge is 0.449 e. The summed E-state index contributed by atoms with van der Waals surface area (Å²) in [6.45, 7) is 8.24. The maximum absolute atomic E-state index is 15.4. The number of carbonyl (C=O) groups is 6. The van der Waals surface area contributed by atoms with Crippen molar-refractivity contribution in [2.45, 2.75) is 134 Å². The second kappa shape index (κ2) is 21.7. The lowest BCUT2D eigenvalue weighted by atomic mass is 9.76. The molecule has 1 aromatic heterocycles. The first-order valence-corrected chi connectivity index (χ1v) is 24.8. The third-order valence-corrected chi connectivity index (χ3v) is 15.4. The molecule has 3 aromatic carbocycles. The minimum atomic E-state index is -4.46. The van der Waals surface area contributed by atoms with E-state index in [-0.39, 0.29) is 35.8 Å². The van der Waals surface area contributed by atoms with Crippen molar-refractivity contribution < 1.29 is 56.1 Å². The zero-order chi connectivity index (χ0) is 49.3. The Morgan fingerprint density at radius 2 is 1.44 bits per heavy atom. The Hall–Kier alpha value is -6.36. The number of carbonyl (C=O) groups excluding carboxylic acids is 6. The number of aryl methyl sites for hydroxylation is 1. The topological polar surface area (TPSA) is 226 Å². The third kappa shape index (κ3) is 12.4. The van der Waals surface area contributed by atoms with Gasteiger partial charge in [-0.05, 0) is 95.5 Å². The van der Waals surface area contributed by atoms with Crippen molar-refractivity contribution in [1.82, 2.24) is 15.3 Å². The molecule has 0 radical (unpaired) electrons. The number of benzene rings is 3. The molecule has 2 saturated carbocycles. The number of esters is 4. The van der Waals surface area contributed by atoms with Crippen molar-refractivity contribution >= 4 is 51.2 Å². The molecule has 16 nitrogen and oxygen atoms in total. The smallest absolute Gasteiger partial charge is 0.344 e. The van der Waals surface area contributed by atoms with Gasteiger partial charge in [0.2, 0.25) is 17.5 Å². The summed E-state index contributed by atoms with van der Waals surface area (Å²) in [4.78, 5) is 90.7. The molecule has 1 unspecified atom stereocenters. The highest BCUT2D eigenvalue weighted by atomic mass is 32.2. The van der Waals surface area contributed by atoms with Crippen LogP contribution in [0.3, 0.4) is 0 Å². The number of hydrogen-bond acceptors (Lipinski definition) is 13. The Kier molecular flexibility index (Phi) is 16.3. The number of ether oxygens (including phenoxy) is 4. The van der Waals surface area contributed by atoms with Crippen LogP contribution < -0.4 is 20.1 Å². The number of imidazole rings is 1. The van der Waals surface area contributed by atoms with Gasteiger partial charge < -0.3 is 34.6 Å². The zero-order valence-corrected chi connectivity index (χ0v) is 40.4. The van der Waals surface area contributed by atoms with Gasteiger partial charge >= 0.3 is 23.9 Å². The van der Waals surface area contributed by atoms with Crippen molar-refractivity contribution in [3.63, 3.8) is 0 Å². The summed E-state index contributed by atoms with van der Waals surface area (Å²) in [5.74, 6) is -8.33. The lowest BCUT2D eigenvalue weighted by Gasteiger charge is -2.50. The minimum Gasteiger partial charge on any atom is -0.449 e. The Morgan fingerprint density at radius 1 is 0.794 bits per heavy atom. The molecule has 0 saturated heterocycles. The normalized spacial score (nSPS) is 16.5. The van der Waals surface area contributed by atoms with Gasteiger partial charge in [-0.1, -0.05) is 80.6 Å². The van der Waals surface area contributed by atoms with Gasteiger partial charge in [-0.3, -0.25) is 19.2 Å². The number of rotatable bonds is 20. The molecule has 68 heavy (non-hydrogen) atoms. The van der Waals surface area contributed by atoms with Crippen LogP contribution in [0.15, 0.2) is 85.3 Å². The Morgan fingerprint density at radius 3 is 2.07 bits per heavy atom. The van der Waals surface area contributed by atoms with Gasteiger partial charge in [0.25, 0.3) is 0 Å². The number of sulfone groups is 1. The van der Waals surface area contributed by atoms with E-state index in [1.165, 1.54) is 70.6 Å². The molecule has 6 rings (SSSR count). The van der Waals surface area contributed by atoms with Crippen LogP contribution in [0.25, 0.3) is 0 Å². The number of aromatic amines is 1. The molecule has 0 bridgehead atoms. The van der Waals surface area contributed by atoms with Crippen molar-refractivity contribution in [2.75, 3.05) is 11.1 Å². The van der Waals surface area contributed by atoms with Gasteiger partial charge in [0.15, 0.2) is 21.2 Å². The van der Waals surface area contributed by atoms with E-state index in [1.54, 1.807) is 19.1 Å². The highest BCUT2D eigenvalue weighted by molar-refractivity contribution is 7.92. The molecule has 17 heteroatoms. The summed E-state index contributed by atoms with van der Waals surface area (Å²) in [7, 11) is -4.46. The zero-order valence-electron chi connectivity index (χ0n) is 39.6. The maximum atomic E-state index is 15.4. The van der Waals surface area contributed by atoms with E-state index in [0.29, 0.717) is 31.4 Å². The standard InChI is InChI=1S/C51H62N4O12S/c1-33(42-30-52-32-53-42)46(59)55-51(31-68(62,63)49(4,5)6,67-48(61)40-21-15-22-41(45(40)65-35(3)57)54-44(58)27-24-36-16-9-7-10-17-36)50(38-25-26-38,29-28-37-18-11-8-12-19-37)66-47(60)39-20-13-14-23-43(39)64-34(2)56/h7,9-10,13-17,20-23,30,32-33,37-38H,8,11-12,18-19,24-29,31H2,1-6H3,(H,52,53)(H,54,58)(H,55,59)/t33?,50-,51+/m0/s1. The highest BCUT2D eigenvalue weighted by Crippen LogP contribution is 2.54. The average molecular weight is 955 g/mol. The molecule has 1 heterocycles. The van der Waals surface area contributed by atoms with Crippen molar-refractivity contribution in [3.8, 4) is 11.5 Å². The Bertz CT molecular complexity index is 2570. The quantitative estimate of drug-likeness (QED) is 0.0432. The van der Waals surface area contributed by atoms with Gasteiger partial charge in [0, 0.05) is 38.1 Å². The molecule has 3 N–H and O–H groups in total. The molecule has 0 spiro atoms. The number of hydrogen-bond donors (Lipinski definition) is 3. The molecule has 0 aliphatic heterocycles.